The molecule has 3 aromatic rings. The molecule has 7 heteroatoms. The second kappa shape index (κ2) is 10.6. The van der Waals surface area contributed by atoms with Gasteiger partial charge in [0, 0.05) is 24.6 Å². The Morgan fingerprint density at radius 1 is 1.12 bits per heavy atom. The van der Waals surface area contributed by atoms with Gasteiger partial charge in [-0.3, -0.25) is 9.59 Å². The van der Waals surface area contributed by atoms with Gasteiger partial charge in [0.1, 0.15) is 5.75 Å². The van der Waals surface area contributed by atoms with E-state index in [2.05, 4.69) is 18.3 Å². The molecule has 1 aromatic heterocycles. The number of rotatable bonds is 8. The van der Waals surface area contributed by atoms with E-state index >= 15 is 0 Å². The smallest absolute Gasteiger partial charge is 0.251 e. The number of piperidine rings is 1. The van der Waals surface area contributed by atoms with E-state index in [1.54, 1.807) is 35.6 Å². The highest BCUT2D eigenvalue weighted by atomic mass is 32.1. The molecule has 1 aliphatic heterocycles. The quantitative estimate of drug-likeness (QED) is 0.508. The van der Waals surface area contributed by atoms with Crippen LogP contribution in [0, 0.1) is 0 Å². The topological polar surface area (TPSA) is 71.5 Å². The van der Waals surface area contributed by atoms with Crippen LogP contribution in [0.25, 0.3) is 10.2 Å². The highest BCUT2D eigenvalue weighted by molar-refractivity contribution is 7.18. The van der Waals surface area contributed by atoms with Gasteiger partial charge in [-0.1, -0.05) is 25.5 Å². The molecule has 0 spiro atoms. The Kier molecular flexibility index (Phi) is 7.37. The van der Waals surface area contributed by atoms with Gasteiger partial charge in [0.2, 0.25) is 5.91 Å². The summed E-state index contributed by atoms with van der Waals surface area (Å²) in [6.45, 7) is 4.19. The minimum absolute atomic E-state index is 0.0133. The lowest BCUT2D eigenvalue weighted by atomic mass is 9.97. The molecule has 6 nitrogen and oxygen atoms in total. The number of fused-ring (bicyclic) bond motifs is 1. The van der Waals surface area contributed by atoms with Crippen molar-refractivity contribution in [2.24, 2.45) is 0 Å². The second-order valence-corrected chi connectivity index (χ2v) is 9.15. The number of unbranched alkanes of at least 4 members (excludes halogenated alkanes) is 1. The molecule has 2 heterocycles. The number of benzene rings is 2. The fraction of sp³-hybridized carbons (Fsp3) is 0.400. The number of nitrogens with one attached hydrogen (secondary N) is 1. The maximum atomic E-state index is 12.6. The van der Waals surface area contributed by atoms with E-state index in [1.165, 1.54) is 4.70 Å². The van der Waals surface area contributed by atoms with E-state index in [0.717, 1.165) is 42.0 Å². The van der Waals surface area contributed by atoms with Crippen molar-refractivity contribution in [3.63, 3.8) is 0 Å². The first-order chi connectivity index (χ1) is 15.6. The summed E-state index contributed by atoms with van der Waals surface area (Å²) in [5.41, 5.74) is 1.57. The lowest BCUT2D eigenvalue weighted by Gasteiger charge is -2.31. The van der Waals surface area contributed by atoms with E-state index in [0.29, 0.717) is 31.2 Å². The Morgan fingerprint density at radius 2 is 1.88 bits per heavy atom. The summed E-state index contributed by atoms with van der Waals surface area (Å²) >= 11 is 1.75. The minimum atomic E-state index is -0.247. The standard InChI is InChI=1S/C25H29N3O3S/c1-2-3-16-31-20-10-8-18(9-11-20)24(30)26-17-23(29)28-14-12-19(13-15-28)25-27-21-6-4-5-7-22(21)32-25/h4-11,19H,2-3,12-17H2,1H3,(H,26,30). The maximum Gasteiger partial charge on any atom is 0.251 e. The number of aromatic nitrogens is 1. The van der Waals surface area contributed by atoms with Crippen molar-refractivity contribution < 1.29 is 14.3 Å². The van der Waals surface area contributed by atoms with Crippen molar-refractivity contribution in [1.82, 2.24) is 15.2 Å². The Bertz CT molecular complexity index is 1020. The molecule has 32 heavy (non-hydrogen) atoms. The molecule has 168 valence electrons. The van der Waals surface area contributed by atoms with Gasteiger partial charge >= 0.3 is 0 Å². The third kappa shape index (κ3) is 5.46. The predicted molar refractivity (Wildman–Crippen MR) is 127 cm³/mol. The number of nitrogens with zero attached hydrogens (tertiary/aromatic N) is 2. The van der Waals surface area contributed by atoms with Gasteiger partial charge in [-0.25, -0.2) is 4.98 Å². The average Bonchev–Trinajstić information content (AvgIpc) is 3.27. The lowest BCUT2D eigenvalue weighted by Crippen LogP contribution is -2.43. The Labute approximate surface area is 192 Å². The summed E-state index contributed by atoms with van der Waals surface area (Å²) in [6, 6.07) is 15.2. The first-order valence-electron chi connectivity index (χ1n) is 11.3. The van der Waals surface area contributed by atoms with Gasteiger partial charge < -0.3 is 15.0 Å². The Balaban J connectivity index is 1.23. The second-order valence-electron chi connectivity index (χ2n) is 8.08. The summed E-state index contributed by atoms with van der Waals surface area (Å²) in [5.74, 6) is 0.856. The van der Waals surface area contributed by atoms with Crippen molar-refractivity contribution in [1.29, 1.82) is 0 Å². The first-order valence-corrected chi connectivity index (χ1v) is 12.1. The monoisotopic (exact) mass is 451 g/mol. The molecule has 0 aliphatic carbocycles. The fourth-order valence-corrected chi connectivity index (χ4v) is 4.98. The molecule has 0 unspecified atom stereocenters. The number of para-hydroxylation sites is 1. The zero-order valence-electron chi connectivity index (χ0n) is 18.4. The van der Waals surface area contributed by atoms with Crippen LogP contribution in [-0.4, -0.2) is 47.9 Å². The van der Waals surface area contributed by atoms with E-state index in [1.807, 2.05) is 23.1 Å². The highest BCUT2D eigenvalue weighted by Crippen LogP contribution is 2.33. The molecule has 2 amide bonds. The number of hydrogen-bond donors (Lipinski definition) is 1. The summed E-state index contributed by atoms with van der Waals surface area (Å²) < 4.78 is 6.83. The molecule has 1 N–H and O–H groups in total. The van der Waals surface area contributed by atoms with E-state index in [4.69, 9.17) is 9.72 Å². The molecule has 0 bridgehead atoms. The third-order valence-corrected chi connectivity index (χ3v) is 6.99. The minimum Gasteiger partial charge on any atom is -0.494 e. The van der Waals surface area contributed by atoms with Gasteiger partial charge in [0.15, 0.2) is 0 Å². The largest absolute Gasteiger partial charge is 0.494 e. The van der Waals surface area contributed by atoms with Crippen molar-refractivity contribution in [3.8, 4) is 5.75 Å². The van der Waals surface area contributed by atoms with Crippen LogP contribution < -0.4 is 10.1 Å². The molecule has 4 rings (SSSR count). The van der Waals surface area contributed by atoms with Gasteiger partial charge in [0.25, 0.3) is 5.91 Å². The molecule has 0 atom stereocenters. The summed E-state index contributed by atoms with van der Waals surface area (Å²) in [7, 11) is 0. The van der Waals surface area contributed by atoms with Crippen LogP contribution in [0.5, 0.6) is 5.75 Å². The van der Waals surface area contributed by atoms with Crippen LogP contribution in [-0.2, 0) is 4.79 Å². The van der Waals surface area contributed by atoms with E-state index < -0.39 is 0 Å². The first kappa shape index (κ1) is 22.3. The Morgan fingerprint density at radius 3 is 2.59 bits per heavy atom. The predicted octanol–water partition coefficient (Wildman–Crippen LogP) is 4.61. The molecule has 1 aliphatic rings. The number of thiazole rings is 1. The normalized spacial score (nSPS) is 14.5. The van der Waals surface area contributed by atoms with Gasteiger partial charge in [-0.2, -0.15) is 0 Å². The summed E-state index contributed by atoms with van der Waals surface area (Å²) in [6.07, 6.45) is 3.88. The molecule has 1 saturated heterocycles. The van der Waals surface area contributed by atoms with Crippen molar-refractivity contribution in [3.05, 3.63) is 59.1 Å². The van der Waals surface area contributed by atoms with Crippen molar-refractivity contribution in [2.75, 3.05) is 26.2 Å². The zero-order valence-corrected chi connectivity index (χ0v) is 19.2. The van der Waals surface area contributed by atoms with Crippen LogP contribution in [0.1, 0.15) is 53.9 Å². The number of hydrogen-bond acceptors (Lipinski definition) is 5. The summed E-state index contributed by atoms with van der Waals surface area (Å²) in [5, 5.41) is 3.91. The van der Waals surface area contributed by atoms with Crippen LogP contribution >= 0.6 is 11.3 Å². The highest BCUT2D eigenvalue weighted by Gasteiger charge is 2.26. The molecular weight excluding hydrogens is 422 g/mol. The molecular formula is C25H29N3O3S. The average molecular weight is 452 g/mol. The number of carbonyl (C=O) groups is 2. The summed E-state index contributed by atoms with van der Waals surface area (Å²) in [4.78, 5) is 31.6. The third-order valence-electron chi connectivity index (χ3n) is 5.79. The number of amides is 2. The molecule has 0 saturated carbocycles. The van der Waals surface area contributed by atoms with Crippen LogP contribution in [0.3, 0.4) is 0 Å². The molecule has 2 aromatic carbocycles. The van der Waals surface area contributed by atoms with Gasteiger partial charge in [-0.15, -0.1) is 11.3 Å². The lowest BCUT2D eigenvalue weighted by molar-refractivity contribution is -0.131. The molecule has 1 fully saturated rings. The SMILES string of the molecule is CCCCOc1ccc(C(=O)NCC(=O)N2CCC(c3nc4ccccc4s3)CC2)cc1. The van der Waals surface area contributed by atoms with Crippen molar-refractivity contribution in [2.45, 2.75) is 38.5 Å². The van der Waals surface area contributed by atoms with Gasteiger partial charge in [0.05, 0.1) is 28.4 Å². The van der Waals surface area contributed by atoms with Crippen LogP contribution in [0.2, 0.25) is 0 Å². The maximum absolute atomic E-state index is 12.6. The number of ether oxygens (including phenoxy) is 1. The van der Waals surface area contributed by atoms with Gasteiger partial charge in [-0.05, 0) is 55.7 Å². The zero-order chi connectivity index (χ0) is 22.3. The van der Waals surface area contributed by atoms with E-state index in [-0.39, 0.29) is 18.4 Å². The van der Waals surface area contributed by atoms with Crippen LogP contribution in [0.15, 0.2) is 48.5 Å². The number of carbonyl (C=O) groups excluding carboxylic acids is 2. The fourth-order valence-electron chi connectivity index (χ4n) is 3.85. The van der Waals surface area contributed by atoms with Crippen molar-refractivity contribution >= 4 is 33.4 Å². The van der Waals surface area contributed by atoms with E-state index in [9.17, 15) is 9.59 Å². The molecule has 0 radical (unpaired) electrons. The number of likely N-dealkylation sites (tertiary alicyclic amines) is 1. The Hall–Kier alpha value is -2.93. The van der Waals surface area contributed by atoms with Crippen LogP contribution in [0.4, 0.5) is 0 Å².